The Labute approximate surface area is 118 Å². The minimum Gasteiger partial charge on any atom is -0.478 e. The Hall–Kier alpha value is -2.28. The van der Waals surface area contributed by atoms with Gasteiger partial charge in [-0.1, -0.05) is 11.3 Å². The fourth-order valence-electron chi connectivity index (χ4n) is 2.11. The van der Waals surface area contributed by atoms with E-state index in [-0.39, 0.29) is 11.6 Å². The Morgan fingerprint density at radius 3 is 2.90 bits per heavy atom. The number of nitrogens with zero attached hydrogens (tertiary/aromatic N) is 4. The molecule has 0 aliphatic heterocycles. The predicted molar refractivity (Wildman–Crippen MR) is 75.2 cm³/mol. The molecule has 0 spiro atoms. The largest absolute Gasteiger partial charge is 0.478 e. The third-order valence-electron chi connectivity index (χ3n) is 3.08. The Morgan fingerprint density at radius 1 is 1.45 bits per heavy atom. The van der Waals surface area contributed by atoms with E-state index in [1.807, 2.05) is 19.2 Å². The average Bonchev–Trinajstić information content (AvgIpc) is 3.03. The van der Waals surface area contributed by atoms with E-state index in [0.29, 0.717) is 11.0 Å². The molecular formula is C13H12N4O2S. The Morgan fingerprint density at radius 2 is 2.25 bits per heavy atom. The van der Waals surface area contributed by atoms with E-state index in [1.54, 1.807) is 22.9 Å². The van der Waals surface area contributed by atoms with E-state index in [0.717, 1.165) is 10.7 Å². The van der Waals surface area contributed by atoms with Crippen LogP contribution in [0.15, 0.2) is 23.6 Å². The first kappa shape index (κ1) is 12.7. The first-order valence-corrected chi connectivity index (χ1v) is 6.95. The van der Waals surface area contributed by atoms with Crippen LogP contribution >= 0.6 is 11.3 Å². The number of thiazole rings is 1. The lowest BCUT2D eigenvalue weighted by Crippen LogP contribution is -2.11. The summed E-state index contributed by atoms with van der Waals surface area (Å²) in [6.45, 7) is 3.86. The van der Waals surface area contributed by atoms with Crippen molar-refractivity contribution in [3.05, 3.63) is 39.8 Å². The van der Waals surface area contributed by atoms with Crippen molar-refractivity contribution < 1.29 is 9.90 Å². The molecular weight excluding hydrogens is 276 g/mol. The zero-order chi connectivity index (χ0) is 14.3. The number of benzene rings is 1. The molecule has 0 aliphatic carbocycles. The monoisotopic (exact) mass is 288 g/mol. The molecule has 0 amide bonds. The summed E-state index contributed by atoms with van der Waals surface area (Å²) in [7, 11) is 0. The summed E-state index contributed by atoms with van der Waals surface area (Å²) in [5.41, 5.74) is 2.25. The van der Waals surface area contributed by atoms with Crippen molar-refractivity contribution in [3.63, 3.8) is 0 Å². The van der Waals surface area contributed by atoms with E-state index in [4.69, 9.17) is 0 Å². The van der Waals surface area contributed by atoms with E-state index < -0.39 is 5.97 Å². The molecule has 1 unspecified atom stereocenters. The van der Waals surface area contributed by atoms with Crippen LogP contribution in [0, 0.1) is 6.92 Å². The van der Waals surface area contributed by atoms with Gasteiger partial charge in [0.2, 0.25) is 0 Å². The molecule has 2 heterocycles. The lowest BCUT2D eigenvalue weighted by atomic mass is 10.1. The first-order chi connectivity index (χ1) is 9.58. The second kappa shape index (κ2) is 4.68. The highest BCUT2D eigenvalue weighted by atomic mass is 32.1. The van der Waals surface area contributed by atoms with E-state index in [9.17, 15) is 9.90 Å². The van der Waals surface area contributed by atoms with Crippen LogP contribution in [-0.2, 0) is 0 Å². The number of hydrogen-bond donors (Lipinski definition) is 1. The molecule has 6 nitrogen and oxygen atoms in total. The van der Waals surface area contributed by atoms with Crippen LogP contribution < -0.4 is 0 Å². The number of aromatic nitrogens is 4. The summed E-state index contributed by atoms with van der Waals surface area (Å²) in [4.78, 5) is 15.8. The molecule has 20 heavy (non-hydrogen) atoms. The van der Waals surface area contributed by atoms with Gasteiger partial charge in [0.15, 0.2) is 0 Å². The maximum atomic E-state index is 11.3. The molecule has 0 radical (unpaired) electrons. The van der Waals surface area contributed by atoms with Gasteiger partial charge in [-0.3, -0.25) is 0 Å². The SMILES string of the molecule is Cc1csc(C(C)n2nnc3cccc(C(=O)O)c32)n1. The second-order valence-electron chi connectivity index (χ2n) is 4.52. The highest BCUT2D eigenvalue weighted by Crippen LogP contribution is 2.26. The van der Waals surface area contributed by atoms with E-state index >= 15 is 0 Å². The minimum atomic E-state index is -0.985. The standard InChI is InChI=1S/C13H12N4O2S/c1-7-6-20-12(14-7)8(2)17-11-9(13(18)19)4-3-5-10(11)15-16-17/h3-6,8H,1-2H3,(H,18,19). The van der Waals surface area contributed by atoms with Crippen molar-refractivity contribution in [2.45, 2.75) is 19.9 Å². The van der Waals surface area contributed by atoms with Crippen molar-refractivity contribution in [1.82, 2.24) is 20.0 Å². The van der Waals surface area contributed by atoms with Gasteiger partial charge in [-0.2, -0.15) is 0 Å². The smallest absolute Gasteiger partial charge is 0.337 e. The second-order valence-corrected chi connectivity index (χ2v) is 5.41. The van der Waals surface area contributed by atoms with Gasteiger partial charge in [0.1, 0.15) is 22.1 Å². The third-order valence-corrected chi connectivity index (χ3v) is 4.22. The summed E-state index contributed by atoms with van der Waals surface area (Å²) in [5, 5.41) is 20.3. The van der Waals surface area contributed by atoms with Gasteiger partial charge in [0, 0.05) is 11.1 Å². The van der Waals surface area contributed by atoms with Crippen molar-refractivity contribution in [1.29, 1.82) is 0 Å². The van der Waals surface area contributed by atoms with Crippen molar-refractivity contribution in [2.75, 3.05) is 0 Å². The van der Waals surface area contributed by atoms with Crippen LogP contribution in [0.25, 0.3) is 11.0 Å². The number of rotatable bonds is 3. The van der Waals surface area contributed by atoms with Gasteiger partial charge < -0.3 is 5.11 Å². The summed E-state index contributed by atoms with van der Waals surface area (Å²) >= 11 is 1.53. The molecule has 0 saturated heterocycles. The summed E-state index contributed by atoms with van der Waals surface area (Å²) < 4.78 is 1.62. The normalized spacial score (nSPS) is 12.7. The van der Waals surface area contributed by atoms with Gasteiger partial charge in [-0.25, -0.2) is 14.5 Å². The maximum absolute atomic E-state index is 11.3. The number of carbonyl (C=O) groups is 1. The molecule has 1 N–H and O–H groups in total. The summed E-state index contributed by atoms with van der Waals surface area (Å²) in [5.74, 6) is -0.985. The van der Waals surface area contributed by atoms with E-state index in [1.165, 1.54) is 11.3 Å². The molecule has 1 atom stereocenters. The lowest BCUT2D eigenvalue weighted by Gasteiger charge is -2.10. The molecule has 3 aromatic rings. The minimum absolute atomic E-state index is 0.154. The molecule has 0 bridgehead atoms. The number of aromatic carboxylic acids is 1. The topological polar surface area (TPSA) is 80.9 Å². The average molecular weight is 288 g/mol. The van der Waals surface area contributed by atoms with Crippen LogP contribution in [0.1, 0.15) is 34.0 Å². The number of carboxylic acid groups (broad SMARTS) is 1. The maximum Gasteiger partial charge on any atom is 0.337 e. The fourth-order valence-corrected chi connectivity index (χ4v) is 2.94. The summed E-state index contributed by atoms with van der Waals surface area (Å²) in [6, 6.07) is 4.83. The van der Waals surface area contributed by atoms with Gasteiger partial charge in [-0.15, -0.1) is 16.4 Å². The van der Waals surface area contributed by atoms with Gasteiger partial charge in [0.05, 0.1) is 5.56 Å². The summed E-state index contributed by atoms with van der Waals surface area (Å²) in [6.07, 6.45) is 0. The molecule has 7 heteroatoms. The first-order valence-electron chi connectivity index (χ1n) is 6.07. The number of aryl methyl sites for hydroxylation is 1. The van der Waals surface area contributed by atoms with Crippen LogP contribution in [0.3, 0.4) is 0 Å². The highest BCUT2D eigenvalue weighted by molar-refractivity contribution is 7.09. The lowest BCUT2D eigenvalue weighted by molar-refractivity contribution is 0.0698. The fraction of sp³-hybridized carbons (Fsp3) is 0.231. The zero-order valence-corrected chi connectivity index (χ0v) is 11.8. The van der Waals surface area contributed by atoms with Crippen LogP contribution in [0.2, 0.25) is 0 Å². The molecule has 0 saturated carbocycles. The van der Waals surface area contributed by atoms with Gasteiger partial charge >= 0.3 is 5.97 Å². The van der Waals surface area contributed by atoms with E-state index in [2.05, 4.69) is 15.3 Å². The molecule has 3 rings (SSSR count). The van der Waals surface area contributed by atoms with Crippen LogP contribution in [0.4, 0.5) is 0 Å². The number of hydrogen-bond acceptors (Lipinski definition) is 5. The number of fused-ring (bicyclic) bond motifs is 1. The number of para-hydroxylation sites is 1. The van der Waals surface area contributed by atoms with Crippen molar-refractivity contribution >= 4 is 28.3 Å². The van der Waals surface area contributed by atoms with Gasteiger partial charge in [-0.05, 0) is 26.0 Å². The molecule has 1 aromatic carbocycles. The molecule has 0 aliphatic rings. The van der Waals surface area contributed by atoms with Gasteiger partial charge in [0.25, 0.3) is 0 Å². The molecule has 0 fully saturated rings. The number of carboxylic acids is 1. The Bertz CT molecular complexity index is 793. The van der Waals surface area contributed by atoms with Crippen molar-refractivity contribution in [2.24, 2.45) is 0 Å². The van der Waals surface area contributed by atoms with Crippen LogP contribution in [-0.4, -0.2) is 31.1 Å². The highest BCUT2D eigenvalue weighted by Gasteiger charge is 2.20. The Balaban J connectivity index is 2.19. The third kappa shape index (κ3) is 1.96. The quantitative estimate of drug-likeness (QED) is 0.801. The van der Waals surface area contributed by atoms with Crippen molar-refractivity contribution in [3.8, 4) is 0 Å². The molecule has 102 valence electrons. The molecule has 2 aromatic heterocycles. The van der Waals surface area contributed by atoms with Crippen LogP contribution in [0.5, 0.6) is 0 Å². The Kier molecular flexibility index (Phi) is 2.98. The predicted octanol–water partition coefficient (Wildman–Crippen LogP) is 2.50. The zero-order valence-electron chi connectivity index (χ0n) is 10.9.